The Balaban J connectivity index is 1.57. The lowest BCUT2D eigenvalue weighted by molar-refractivity contribution is 0.0909. The van der Waals surface area contributed by atoms with E-state index in [9.17, 15) is 9.50 Å². The van der Waals surface area contributed by atoms with E-state index in [-0.39, 0.29) is 11.9 Å². The molecule has 3 heteroatoms. The lowest BCUT2D eigenvalue weighted by Crippen LogP contribution is -2.22. The first-order chi connectivity index (χ1) is 13.2. The van der Waals surface area contributed by atoms with Crippen LogP contribution in [0.25, 0.3) is 11.1 Å². The van der Waals surface area contributed by atoms with E-state index in [1.54, 1.807) is 12.1 Å². The van der Waals surface area contributed by atoms with Gasteiger partial charge in [0.25, 0.3) is 0 Å². The van der Waals surface area contributed by atoms with Gasteiger partial charge in [-0.15, -0.1) is 0 Å². The number of aliphatic hydroxyl groups is 1. The number of hydrogen-bond acceptors (Lipinski definition) is 2. The van der Waals surface area contributed by atoms with Gasteiger partial charge in [-0.1, -0.05) is 50.1 Å². The largest absolute Gasteiger partial charge is 0.490 e. The third-order valence-electron chi connectivity index (χ3n) is 5.58. The first-order valence-corrected chi connectivity index (χ1v) is 10.4. The third-order valence-corrected chi connectivity index (χ3v) is 5.58. The Hall–Kier alpha value is -1.87. The Morgan fingerprint density at radius 2 is 1.67 bits per heavy atom. The van der Waals surface area contributed by atoms with Crippen LogP contribution in [0.15, 0.2) is 42.5 Å². The molecule has 1 aliphatic carbocycles. The van der Waals surface area contributed by atoms with Gasteiger partial charge >= 0.3 is 0 Å². The van der Waals surface area contributed by atoms with Crippen LogP contribution in [0.3, 0.4) is 0 Å². The molecule has 0 unspecified atom stereocenters. The molecule has 2 aromatic rings. The molecule has 3 rings (SSSR count). The average molecular weight is 371 g/mol. The molecule has 146 valence electrons. The van der Waals surface area contributed by atoms with Crippen molar-refractivity contribution in [3.05, 3.63) is 53.8 Å². The molecule has 0 atom stereocenters. The molecule has 2 aromatic carbocycles. The lowest BCUT2D eigenvalue weighted by Gasteiger charge is -2.25. The minimum atomic E-state index is -0.310. The van der Waals surface area contributed by atoms with Gasteiger partial charge in [-0.3, -0.25) is 0 Å². The van der Waals surface area contributed by atoms with Crippen molar-refractivity contribution in [2.45, 2.75) is 64.4 Å². The number of halogens is 1. The fourth-order valence-corrected chi connectivity index (χ4v) is 3.76. The minimum Gasteiger partial charge on any atom is -0.490 e. The van der Waals surface area contributed by atoms with Gasteiger partial charge in [-0.25, -0.2) is 4.39 Å². The summed E-state index contributed by atoms with van der Waals surface area (Å²) in [6.45, 7) is 2.74. The zero-order valence-corrected chi connectivity index (χ0v) is 16.3. The van der Waals surface area contributed by atoms with Crippen LogP contribution >= 0.6 is 0 Å². The highest BCUT2D eigenvalue weighted by molar-refractivity contribution is 5.64. The Labute approximate surface area is 162 Å². The normalized spacial score (nSPS) is 19.8. The maximum Gasteiger partial charge on any atom is 0.165 e. The van der Waals surface area contributed by atoms with Crippen molar-refractivity contribution in [1.29, 1.82) is 0 Å². The zero-order chi connectivity index (χ0) is 19.1. The Morgan fingerprint density at radius 1 is 0.963 bits per heavy atom. The monoisotopic (exact) mass is 370 g/mol. The number of aliphatic hydroxyl groups excluding tert-OH is 1. The average Bonchev–Trinajstić information content (AvgIpc) is 2.69. The summed E-state index contributed by atoms with van der Waals surface area (Å²) in [7, 11) is 0. The van der Waals surface area contributed by atoms with Crippen LogP contribution in [0.2, 0.25) is 0 Å². The lowest BCUT2D eigenvalue weighted by atomic mass is 9.88. The number of rotatable bonds is 8. The van der Waals surface area contributed by atoms with Crippen LogP contribution < -0.4 is 4.74 Å². The molecule has 1 N–H and O–H groups in total. The standard InChI is InChI=1S/C24H31FO2/c1-2-3-4-5-18-6-10-20(11-7-18)21-12-15-24(23(25)16-21)27-17-19-8-13-22(26)14-9-19/h6-7,10-12,15-16,19,22,26H,2-5,8-9,13-14,17H2,1H3. The Bertz CT molecular complexity index is 703. The van der Waals surface area contributed by atoms with Crippen molar-refractivity contribution in [3.8, 4) is 16.9 Å². The van der Waals surface area contributed by atoms with Gasteiger partial charge < -0.3 is 9.84 Å². The smallest absolute Gasteiger partial charge is 0.165 e. The topological polar surface area (TPSA) is 29.5 Å². The highest BCUT2D eigenvalue weighted by atomic mass is 19.1. The zero-order valence-electron chi connectivity index (χ0n) is 16.3. The van der Waals surface area contributed by atoms with Crippen LogP contribution in [0, 0.1) is 11.7 Å². The van der Waals surface area contributed by atoms with Crippen molar-refractivity contribution >= 4 is 0 Å². The van der Waals surface area contributed by atoms with E-state index in [1.807, 2.05) is 6.07 Å². The van der Waals surface area contributed by atoms with E-state index < -0.39 is 0 Å². The molecule has 0 aliphatic heterocycles. The first kappa shape index (κ1) is 19.9. The molecular weight excluding hydrogens is 339 g/mol. The van der Waals surface area contributed by atoms with E-state index in [0.29, 0.717) is 18.3 Å². The second kappa shape index (κ2) is 9.89. The maximum atomic E-state index is 14.5. The number of unbranched alkanes of at least 4 members (excludes halogenated alkanes) is 2. The summed E-state index contributed by atoms with van der Waals surface area (Å²) in [5.74, 6) is 0.421. The quantitative estimate of drug-likeness (QED) is 0.564. The minimum absolute atomic E-state index is 0.171. The van der Waals surface area contributed by atoms with Gasteiger partial charge in [0.15, 0.2) is 11.6 Å². The van der Waals surface area contributed by atoms with Crippen LogP contribution in [-0.2, 0) is 6.42 Å². The summed E-state index contributed by atoms with van der Waals surface area (Å²) in [5.41, 5.74) is 3.24. The molecule has 27 heavy (non-hydrogen) atoms. The predicted molar refractivity (Wildman–Crippen MR) is 109 cm³/mol. The number of benzene rings is 2. The fourth-order valence-electron chi connectivity index (χ4n) is 3.76. The molecule has 0 amide bonds. The summed E-state index contributed by atoms with van der Waals surface area (Å²) < 4.78 is 20.2. The van der Waals surface area contributed by atoms with Crippen LogP contribution in [-0.4, -0.2) is 17.8 Å². The first-order valence-electron chi connectivity index (χ1n) is 10.4. The second-order valence-electron chi connectivity index (χ2n) is 7.78. The Morgan fingerprint density at radius 3 is 2.33 bits per heavy atom. The summed E-state index contributed by atoms with van der Waals surface area (Å²) in [5, 5.41) is 9.57. The van der Waals surface area contributed by atoms with Crippen molar-refractivity contribution in [2.75, 3.05) is 6.61 Å². The van der Waals surface area contributed by atoms with Gasteiger partial charge in [0.2, 0.25) is 0 Å². The van der Waals surface area contributed by atoms with E-state index >= 15 is 0 Å². The van der Waals surface area contributed by atoms with E-state index in [4.69, 9.17) is 4.74 Å². The van der Waals surface area contributed by atoms with Crippen LogP contribution in [0.5, 0.6) is 5.75 Å². The van der Waals surface area contributed by atoms with Crippen molar-refractivity contribution in [3.63, 3.8) is 0 Å². The summed E-state index contributed by atoms with van der Waals surface area (Å²) in [6, 6.07) is 13.7. The van der Waals surface area contributed by atoms with Crippen molar-refractivity contribution in [1.82, 2.24) is 0 Å². The van der Waals surface area contributed by atoms with Crippen LogP contribution in [0.1, 0.15) is 57.4 Å². The molecule has 0 saturated heterocycles. The van der Waals surface area contributed by atoms with E-state index in [0.717, 1.165) is 43.2 Å². The molecular formula is C24H31FO2. The number of hydrogen-bond donors (Lipinski definition) is 1. The molecule has 0 bridgehead atoms. The predicted octanol–water partition coefficient (Wildman–Crippen LogP) is 6.16. The summed E-state index contributed by atoms with van der Waals surface area (Å²) in [4.78, 5) is 0. The maximum absolute atomic E-state index is 14.5. The van der Waals surface area contributed by atoms with Crippen LogP contribution in [0.4, 0.5) is 4.39 Å². The fraction of sp³-hybridized carbons (Fsp3) is 0.500. The highest BCUT2D eigenvalue weighted by Crippen LogP contribution is 2.29. The molecule has 1 saturated carbocycles. The van der Waals surface area contributed by atoms with Gasteiger partial charge in [0.1, 0.15) is 0 Å². The third kappa shape index (κ3) is 5.80. The molecule has 0 spiro atoms. The molecule has 1 fully saturated rings. The van der Waals surface area contributed by atoms with Gasteiger partial charge in [0, 0.05) is 0 Å². The van der Waals surface area contributed by atoms with Gasteiger partial charge in [-0.2, -0.15) is 0 Å². The molecule has 1 aliphatic rings. The molecule has 0 aromatic heterocycles. The number of aryl methyl sites for hydroxylation is 1. The van der Waals surface area contributed by atoms with E-state index in [2.05, 4.69) is 31.2 Å². The number of ether oxygens (including phenoxy) is 1. The molecule has 2 nitrogen and oxygen atoms in total. The molecule has 0 heterocycles. The summed E-state index contributed by atoms with van der Waals surface area (Å²) >= 11 is 0. The highest BCUT2D eigenvalue weighted by Gasteiger charge is 2.20. The van der Waals surface area contributed by atoms with Gasteiger partial charge in [-0.05, 0) is 73.3 Å². The second-order valence-corrected chi connectivity index (χ2v) is 7.78. The summed E-state index contributed by atoms with van der Waals surface area (Å²) in [6.07, 6.45) is 8.19. The van der Waals surface area contributed by atoms with Crippen molar-refractivity contribution < 1.29 is 14.2 Å². The Kier molecular flexibility index (Phi) is 7.28. The van der Waals surface area contributed by atoms with E-state index in [1.165, 1.54) is 24.8 Å². The van der Waals surface area contributed by atoms with Gasteiger partial charge in [0.05, 0.1) is 12.7 Å². The SMILES string of the molecule is CCCCCc1ccc(-c2ccc(OCC3CCC(O)CC3)c(F)c2)cc1. The van der Waals surface area contributed by atoms with Crippen molar-refractivity contribution in [2.24, 2.45) is 5.92 Å². The molecule has 0 radical (unpaired) electrons.